The average molecular weight is 428 g/mol. The number of alkyl halides is 1. The number of halogens is 1. The number of Topliss-reactive ketones (excluding diaryl/α,β-unsaturated/α-hetero) is 1. The topological polar surface area (TPSA) is 40.5 Å². The number of hydrogen-bond donors (Lipinski definition) is 1. The lowest BCUT2D eigenvalue weighted by atomic mass is 9.83. The van der Waals surface area contributed by atoms with Gasteiger partial charge < -0.3 is 5.11 Å². The summed E-state index contributed by atoms with van der Waals surface area (Å²) in [7, 11) is 0. The number of aliphatic hydroxyl groups excluding tert-OH is 1. The van der Waals surface area contributed by atoms with Crippen LogP contribution in [0.5, 0.6) is 0 Å². The van der Waals surface area contributed by atoms with E-state index in [0.29, 0.717) is 6.42 Å². The Morgan fingerprint density at radius 2 is 1.70 bits per heavy atom. The molecule has 160 valence electrons. The van der Waals surface area contributed by atoms with Crippen LogP contribution < -0.4 is 0 Å². The van der Waals surface area contributed by atoms with Gasteiger partial charge in [-0.1, -0.05) is 36.4 Å². The molecule has 1 N–H and O–H groups in total. The van der Waals surface area contributed by atoms with Crippen LogP contribution in [0.3, 0.4) is 0 Å². The number of carbonyl (C=O) groups excluding carboxylic acids is 1. The number of likely N-dealkylation sites (tertiary alicyclic amines) is 1. The highest BCUT2D eigenvalue weighted by molar-refractivity contribution is 7.99. The summed E-state index contributed by atoms with van der Waals surface area (Å²) < 4.78 is 12.2. The van der Waals surface area contributed by atoms with E-state index in [1.165, 1.54) is 11.1 Å². The zero-order chi connectivity index (χ0) is 20.9. The standard InChI is InChI=1S/C25H30FNO2S/c26-12-3-15-30-22-8-6-18(7-9-22)25(29)19-10-13-27(14-11-19)23-16-20-4-1-2-5-21(20)17-24(23)28/h1-2,4-9,19,23-24,28H,3,10-17H2. The number of ketones is 1. The number of rotatable bonds is 7. The Kier molecular flexibility index (Phi) is 7.24. The summed E-state index contributed by atoms with van der Waals surface area (Å²) in [5, 5.41) is 10.7. The minimum Gasteiger partial charge on any atom is -0.391 e. The zero-order valence-electron chi connectivity index (χ0n) is 17.3. The number of thioether (sulfide) groups is 1. The molecular weight excluding hydrogens is 397 g/mol. The van der Waals surface area contributed by atoms with E-state index in [0.717, 1.165) is 55.0 Å². The van der Waals surface area contributed by atoms with Crippen molar-refractivity contribution in [3.8, 4) is 0 Å². The summed E-state index contributed by atoms with van der Waals surface area (Å²) in [4.78, 5) is 16.4. The van der Waals surface area contributed by atoms with Gasteiger partial charge in [-0.2, -0.15) is 0 Å². The van der Waals surface area contributed by atoms with Gasteiger partial charge in [-0.15, -0.1) is 11.8 Å². The molecule has 0 saturated carbocycles. The molecule has 3 nitrogen and oxygen atoms in total. The van der Waals surface area contributed by atoms with E-state index in [2.05, 4.69) is 23.1 Å². The third-order valence-electron chi connectivity index (χ3n) is 6.48. The summed E-state index contributed by atoms with van der Waals surface area (Å²) in [6.45, 7) is 1.43. The summed E-state index contributed by atoms with van der Waals surface area (Å²) in [5.41, 5.74) is 3.38. The maximum absolute atomic E-state index is 13.0. The van der Waals surface area contributed by atoms with Gasteiger partial charge in [-0.25, -0.2) is 0 Å². The molecular formula is C25H30FNO2S. The van der Waals surface area contributed by atoms with E-state index in [-0.39, 0.29) is 30.5 Å². The minimum absolute atomic E-state index is 0.0549. The van der Waals surface area contributed by atoms with Crippen molar-refractivity contribution in [2.75, 3.05) is 25.5 Å². The van der Waals surface area contributed by atoms with Crippen LogP contribution in [0.25, 0.3) is 0 Å². The number of hydrogen-bond acceptors (Lipinski definition) is 4. The van der Waals surface area contributed by atoms with E-state index in [1.807, 2.05) is 30.3 Å². The fraction of sp³-hybridized carbons (Fsp3) is 0.480. The molecule has 1 heterocycles. The molecule has 0 spiro atoms. The van der Waals surface area contributed by atoms with E-state index >= 15 is 0 Å². The van der Waals surface area contributed by atoms with Crippen LogP contribution >= 0.6 is 11.8 Å². The van der Waals surface area contributed by atoms with Gasteiger partial charge in [0.1, 0.15) is 0 Å². The molecule has 2 aromatic carbocycles. The average Bonchev–Trinajstić information content (AvgIpc) is 2.79. The first-order valence-electron chi connectivity index (χ1n) is 11.0. The Labute approximate surface area is 182 Å². The van der Waals surface area contributed by atoms with E-state index < -0.39 is 0 Å². The predicted molar refractivity (Wildman–Crippen MR) is 120 cm³/mol. The first-order chi connectivity index (χ1) is 14.7. The van der Waals surface area contributed by atoms with Crippen molar-refractivity contribution in [2.45, 2.75) is 49.1 Å². The molecule has 0 bridgehead atoms. The SMILES string of the molecule is O=C(c1ccc(SCCCF)cc1)C1CCN(C2Cc3ccccc3CC2O)CC1. The number of fused-ring (bicyclic) bond motifs is 1. The summed E-state index contributed by atoms with van der Waals surface area (Å²) in [6.07, 6.45) is 3.51. The second kappa shape index (κ2) is 10.1. The van der Waals surface area contributed by atoms with Crippen molar-refractivity contribution < 1.29 is 14.3 Å². The summed E-state index contributed by atoms with van der Waals surface area (Å²) in [6, 6.07) is 16.3. The van der Waals surface area contributed by atoms with Crippen molar-refractivity contribution in [1.82, 2.24) is 4.90 Å². The molecule has 1 aliphatic carbocycles. The molecule has 2 aliphatic rings. The van der Waals surface area contributed by atoms with Crippen LogP contribution in [0.2, 0.25) is 0 Å². The molecule has 1 saturated heterocycles. The molecule has 2 unspecified atom stereocenters. The molecule has 2 aromatic rings. The number of carbonyl (C=O) groups is 1. The van der Waals surface area contributed by atoms with E-state index in [9.17, 15) is 14.3 Å². The lowest BCUT2D eigenvalue weighted by molar-refractivity contribution is 0.0239. The zero-order valence-corrected chi connectivity index (χ0v) is 18.1. The second-order valence-electron chi connectivity index (χ2n) is 8.40. The van der Waals surface area contributed by atoms with Crippen molar-refractivity contribution in [3.05, 3.63) is 65.2 Å². The maximum Gasteiger partial charge on any atom is 0.166 e. The number of aliphatic hydroxyl groups is 1. The largest absolute Gasteiger partial charge is 0.391 e. The van der Waals surface area contributed by atoms with Crippen LogP contribution in [0.15, 0.2) is 53.4 Å². The van der Waals surface area contributed by atoms with Crippen molar-refractivity contribution >= 4 is 17.5 Å². The fourth-order valence-corrected chi connectivity index (χ4v) is 5.56. The quantitative estimate of drug-likeness (QED) is 0.399. The maximum atomic E-state index is 13.0. The number of piperidine rings is 1. The van der Waals surface area contributed by atoms with Gasteiger partial charge >= 0.3 is 0 Å². The van der Waals surface area contributed by atoms with Crippen molar-refractivity contribution in [3.63, 3.8) is 0 Å². The fourth-order valence-electron chi connectivity index (χ4n) is 4.74. The van der Waals surface area contributed by atoms with Gasteiger partial charge in [0, 0.05) is 34.6 Å². The van der Waals surface area contributed by atoms with Crippen LogP contribution in [0.1, 0.15) is 40.7 Å². The van der Waals surface area contributed by atoms with Crippen LogP contribution in [0.4, 0.5) is 4.39 Å². The monoisotopic (exact) mass is 427 g/mol. The lowest BCUT2D eigenvalue weighted by Crippen LogP contribution is -2.51. The Morgan fingerprint density at radius 1 is 1.03 bits per heavy atom. The molecule has 1 fully saturated rings. The Hall–Kier alpha value is -1.69. The van der Waals surface area contributed by atoms with E-state index in [1.54, 1.807) is 11.8 Å². The molecule has 30 heavy (non-hydrogen) atoms. The normalized spacial score (nSPS) is 22.6. The number of benzene rings is 2. The molecule has 1 aliphatic heterocycles. The van der Waals surface area contributed by atoms with Gasteiger partial charge in [-0.05, 0) is 62.0 Å². The van der Waals surface area contributed by atoms with Gasteiger partial charge in [-0.3, -0.25) is 14.1 Å². The van der Waals surface area contributed by atoms with Crippen molar-refractivity contribution in [2.24, 2.45) is 5.92 Å². The molecule has 2 atom stereocenters. The third kappa shape index (κ3) is 4.96. The first kappa shape index (κ1) is 21.5. The molecule has 4 rings (SSSR count). The van der Waals surface area contributed by atoms with Gasteiger partial charge in [0.05, 0.1) is 12.8 Å². The lowest BCUT2D eigenvalue weighted by Gasteiger charge is -2.41. The highest BCUT2D eigenvalue weighted by atomic mass is 32.2. The van der Waals surface area contributed by atoms with Gasteiger partial charge in [0.15, 0.2) is 5.78 Å². The second-order valence-corrected chi connectivity index (χ2v) is 9.57. The molecule has 0 radical (unpaired) electrons. The smallest absolute Gasteiger partial charge is 0.166 e. The highest BCUT2D eigenvalue weighted by Gasteiger charge is 2.35. The molecule has 0 amide bonds. The highest BCUT2D eigenvalue weighted by Crippen LogP contribution is 2.30. The number of nitrogens with zero attached hydrogens (tertiary/aromatic N) is 1. The third-order valence-corrected chi connectivity index (χ3v) is 7.57. The Bertz CT molecular complexity index is 848. The predicted octanol–water partition coefficient (Wildman–Crippen LogP) is 4.56. The molecule has 5 heteroatoms. The van der Waals surface area contributed by atoms with Crippen LogP contribution in [-0.2, 0) is 12.8 Å². The summed E-state index contributed by atoms with van der Waals surface area (Å²) >= 11 is 1.63. The molecule has 0 aromatic heterocycles. The van der Waals surface area contributed by atoms with Crippen LogP contribution in [-0.4, -0.2) is 53.5 Å². The van der Waals surface area contributed by atoms with E-state index in [4.69, 9.17) is 0 Å². The first-order valence-corrected chi connectivity index (χ1v) is 12.0. The summed E-state index contributed by atoms with van der Waals surface area (Å²) in [5.74, 6) is 1.04. The Balaban J connectivity index is 1.31. The minimum atomic E-state index is -0.338. The van der Waals surface area contributed by atoms with Crippen molar-refractivity contribution in [1.29, 1.82) is 0 Å². The van der Waals surface area contributed by atoms with Gasteiger partial charge in [0.25, 0.3) is 0 Å². The van der Waals surface area contributed by atoms with Gasteiger partial charge in [0.2, 0.25) is 0 Å². The Morgan fingerprint density at radius 3 is 2.37 bits per heavy atom. The van der Waals surface area contributed by atoms with Crippen LogP contribution in [0, 0.1) is 5.92 Å².